The zero-order valence-corrected chi connectivity index (χ0v) is 13.2. The number of hydrogen-bond acceptors (Lipinski definition) is 4. The molecule has 2 heterocycles. The number of amides is 1. The number of fused-ring (bicyclic) bond motifs is 1. The second-order valence-corrected chi connectivity index (χ2v) is 6.25. The number of para-hydroxylation sites is 1. The van der Waals surface area contributed by atoms with Crippen LogP contribution in [0.4, 0.5) is 0 Å². The minimum absolute atomic E-state index is 0.0653. The SMILES string of the molecule is COc1ccccc1CC(=O)N1C[C@@H]2COCC[C@]2(C(=O)O)C1. The van der Waals surface area contributed by atoms with Crippen molar-refractivity contribution >= 4 is 11.9 Å². The average molecular weight is 319 g/mol. The molecule has 23 heavy (non-hydrogen) atoms. The second kappa shape index (κ2) is 6.20. The van der Waals surface area contributed by atoms with Crippen LogP contribution in [-0.2, 0) is 20.7 Å². The van der Waals surface area contributed by atoms with Gasteiger partial charge < -0.3 is 19.5 Å². The number of rotatable bonds is 4. The third-order valence-corrected chi connectivity index (χ3v) is 5.02. The predicted molar refractivity (Wildman–Crippen MR) is 82.3 cm³/mol. The first-order valence-electron chi connectivity index (χ1n) is 7.77. The summed E-state index contributed by atoms with van der Waals surface area (Å²) in [6.45, 7) is 1.56. The summed E-state index contributed by atoms with van der Waals surface area (Å²) in [7, 11) is 1.57. The van der Waals surface area contributed by atoms with E-state index in [2.05, 4.69) is 0 Å². The number of aliphatic carboxylic acids is 1. The molecule has 1 N–H and O–H groups in total. The summed E-state index contributed by atoms with van der Waals surface area (Å²) >= 11 is 0. The van der Waals surface area contributed by atoms with E-state index in [0.29, 0.717) is 31.9 Å². The zero-order chi connectivity index (χ0) is 16.4. The Hall–Kier alpha value is -2.08. The van der Waals surface area contributed by atoms with Gasteiger partial charge in [-0.25, -0.2) is 0 Å². The zero-order valence-electron chi connectivity index (χ0n) is 13.2. The monoisotopic (exact) mass is 319 g/mol. The number of ether oxygens (including phenoxy) is 2. The van der Waals surface area contributed by atoms with E-state index in [-0.39, 0.29) is 24.8 Å². The van der Waals surface area contributed by atoms with Crippen LogP contribution in [-0.4, -0.2) is 55.3 Å². The number of carbonyl (C=O) groups is 2. The predicted octanol–water partition coefficient (Wildman–Crippen LogP) is 1.19. The Labute approximate surface area is 135 Å². The molecule has 2 aliphatic heterocycles. The molecule has 124 valence electrons. The fourth-order valence-corrected chi connectivity index (χ4v) is 3.61. The van der Waals surface area contributed by atoms with E-state index >= 15 is 0 Å². The van der Waals surface area contributed by atoms with Gasteiger partial charge in [-0.05, 0) is 12.5 Å². The minimum atomic E-state index is -0.852. The Bertz CT molecular complexity index is 617. The van der Waals surface area contributed by atoms with Gasteiger partial charge in [-0.15, -0.1) is 0 Å². The highest BCUT2D eigenvalue weighted by Gasteiger charge is 2.54. The maximum Gasteiger partial charge on any atom is 0.311 e. The summed E-state index contributed by atoms with van der Waals surface area (Å²) in [4.78, 5) is 26.1. The molecule has 0 spiro atoms. The topological polar surface area (TPSA) is 76.1 Å². The molecule has 0 saturated carbocycles. The Kier molecular flexibility index (Phi) is 4.26. The van der Waals surface area contributed by atoms with Crippen molar-refractivity contribution in [3.63, 3.8) is 0 Å². The smallest absolute Gasteiger partial charge is 0.311 e. The highest BCUT2D eigenvalue weighted by Crippen LogP contribution is 2.42. The summed E-state index contributed by atoms with van der Waals surface area (Å²) in [5.74, 6) is -0.341. The molecule has 1 aromatic rings. The van der Waals surface area contributed by atoms with Gasteiger partial charge in [0.2, 0.25) is 5.91 Å². The van der Waals surface area contributed by atoms with Crippen LogP contribution in [0.1, 0.15) is 12.0 Å². The lowest BCUT2D eigenvalue weighted by atomic mass is 9.74. The molecular weight excluding hydrogens is 298 g/mol. The number of hydrogen-bond donors (Lipinski definition) is 1. The molecular formula is C17H21NO5. The molecule has 3 rings (SSSR count). The van der Waals surface area contributed by atoms with Crippen LogP contribution >= 0.6 is 0 Å². The molecule has 0 unspecified atom stereocenters. The van der Waals surface area contributed by atoms with E-state index in [0.717, 1.165) is 5.56 Å². The first-order valence-corrected chi connectivity index (χ1v) is 7.77. The number of carboxylic acids is 1. The highest BCUT2D eigenvalue weighted by molar-refractivity contribution is 5.83. The maximum atomic E-state index is 12.6. The van der Waals surface area contributed by atoms with Crippen LogP contribution in [0.2, 0.25) is 0 Å². The first-order chi connectivity index (χ1) is 11.1. The molecule has 0 bridgehead atoms. The van der Waals surface area contributed by atoms with E-state index < -0.39 is 11.4 Å². The highest BCUT2D eigenvalue weighted by atomic mass is 16.5. The van der Waals surface area contributed by atoms with Crippen LogP contribution in [0.5, 0.6) is 5.75 Å². The number of nitrogens with zero attached hydrogens (tertiary/aromatic N) is 1. The van der Waals surface area contributed by atoms with Gasteiger partial charge in [0.25, 0.3) is 0 Å². The normalized spacial score (nSPS) is 26.7. The van der Waals surface area contributed by atoms with Gasteiger partial charge >= 0.3 is 5.97 Å². The fraction of sp³-hybridized carbons (Fsp3) is 0.529. The van der Waals surface area contributed by atoms with Gasteiger partial charge in [0.1, 0.15) is 5.75 Å². The number of benzene rings is 1. The van der Waals surface area contributed by atoms with Crippen molar-refractivity contribution in [1.82, 2.24) is 4.90 Å². The van der Waals surface area contributed by atoms with Gasteiger partial charge in [0.05, 0.1) is 25.6 Å². The van der Waals surface area contributed by atoms with Gasteiger partial charge in [-0.1, -0.05) is 18.2 Å². The molecule has 2 fully saturated rings. The maximum absolute atomic E-state index is 12.6. The Morgan fingerprint density at radius 2 is 2.22 bits per heavy atom. The average Bonchev–Trinajstić information content (AvgIpc) is 2.96. The lowest BCUT2D eigenvalue weighted by Crippen LogP contribution is -2.45. The van der Waals surface area contributed by atoms with Gasteiger partial charge in [-0.2, -0.15) is 0 Å². The summed E-state index contributed by atoms with van der Waals surface area (Å²) in [6.07, 6.45) is 0.679. The molecule has 1 aromatic carbocycles. The Morgan fingerprint density at radius 1 is 1.43 bits per heavy atom. The van der Waals surface area contributed by atoms with Crippen LogP contribution in [0.15, 0.2) is 24.3 Å². The van der Waals surface area contributed by atoms with Crippen LogP contribution < -0.4 is 4.74 Å². The minimum Gasteiger partial charge on any atom is -0.496 e. The van der Waals surface area contributed by atoms with E-state index in [4.69, 9.17) is 9.47 Å². The van der Waals surface area contributed by atoms with E-state index in [1.807, 2.05) is 24.3 Å². The van der Waals surface area contributed by atoms with Crippen molar-refractivity contribution in [3.05, 3.63) is 29.8 Å². The third kappa shape index (κ3) is 2.79. The number of methoxy groups -OCH3 is 1. The summed E-state index contributed by atoms with van der Waals surface area (Å²) in [5, 5.41) is 9.66. The number of likely N-dealkylation sites (tertiary alicyclic amines) is 1. The molecule has 0 aromatic heterocycles. The van der Waals surface area contributed by atoms with Gasteiger partial charge in [0.15, 0.2) is 0 Å². The molecule has 0 radical (unpaired) electrons. The molecule has 6 heteroatoms. The van der Waals surface area contributed by atoms with Crippen LogP contribution in [0.25, 0.3) is 0 Å². The van der Waals surface area contributed by atoms with Crippen molar-refractivity contribution in [1.29, 1.82) is 0 Å². The van der Waals surface area contributed by atoms with Gasteiger partial charge in [0, 0.05) is 31.2 Å². The molecule has 6 nitrogen and oxygen atoms in total. The fourth-order valence-electron chi connectivity index (χ4n) is 3.61. The summed E-state index contributed by atoms with van der Waals surface area (Å²) in [5.41, 5.74) is -0.0372. The molecule has 2 aliphatic rings. The van der Waals surface area contributed by atoms with E-state index in [1.54, 1.807) is 12.0 Å². The number of carbonyl (C=O) groups excluding carboxylic acids is 1. The van der Waals surface area contributed by atoms with Crippen LogP contribution in [0.3, 0.4) is 0 Å². The van der Waals surface area contributed by atoms with Crippen molar-refractivity contribution < 1.29 is 24.2 Å². The third-order valence-electron chi connectivity index (χ3n) is 5.02. The van der Waals surface area contributed by atoms with Crippen molar-refractivity contribution in [3.8, 4) is 5.75 Å². The standard InChI is InChI=1S/C17H21NO5/c1-22-14-5-3-2-4-12(14)8-15(19)18-9-13-10-23-7-6-17(13,11-18)16(20)21/h2-5,13H,6-11H2,1H3,(H,20,21)/t13-,17+/m1/s1. The van der Waals surface area contributed by atoms with E-state index in [9.17, 15) is 14.7 Å². The quantitative estimate of drug-likeness (QED) is 0.902. The summed E-state index contributed by atoms with van der Waals surface area (Å²) < 4.78 is 10.7. The van der Waals surface area contributed by atoms with Gasteiger partial charge in [-0.3, -0.25) is 9.59 Å². The Morgan fingerprint density at radius 3 is 2.91 bits per heavy atom. The second-order valence-electron chi connectivity index (χ2n) is 6.25. The van der Waals surface area contributed by atoms with Crippen molar-refractivity contribution in [2.24, 2.45) is 11.3 Å². The first kappa shape index (κ1) is 15.8. The van der Waals surface area contributed by atoms with Crippen LogP contribution in [0, 0.1) is 11.3 Å². The lowest BCUT2D eigenvalue weighted by Gasteiger charge is -2.33. The molecule has 1 amide bonds. The number of carboxylic acid groups (broad SMARTS) is 1. The van der Waals surface area contributed by atoms with Crippen molar-refractivity contribution in [2.75, 3.05) is 33.4 Å². The van der Waals surface area contributed by atoms with Crippen molar-refractivity contribution in [2.45, 2.75) is 12.8 Å². The molecule has 2 saturated heterocycles. The lowest BCUT2D eigenvalue weighted by molar-refractivity contribution is -0.157. The largest absolute Gasteiger partial charge is 0.496 e. The summed E-state index contributed by atoms with van der Waals surface area (Å²) in [6, 6.07) is 7.39. The Balaban J connectivity index is 1.75. The molecule has 2 atom stereocenters. The van der Waals surface area contributed by atoms with E-state index in [1.165, 1.54) is 0 Å². The molecule has 0 aliphatic carbocycles.